The van der Waals surface area contributed by atoms with E-state index < -0.39 is 10.0 Å². The van der Waals surface area contributed by atoms with E-state index in [4.69, 9.17) is 4.74 Å². The average Bonchev–Trinajstić information content (AvgIpc) is 3.12. The van der Waals surface area contributed by atoms with Gasteiger partial charge in [0.2, 0.25) is 5.91 Å². The third-order valence-corrected chi connectivity index (χ3v) is 7.33. The predicted octanol–water partition coefficient (Wildman–Crippen LogP) is 3.98. The van der Waals surface area contributed by atoms with Gasteiger partial charge in [0.15, 0.2) is 5.84 Å². The van der Waals surface area contributed by atoms with Gasteiger partial charge in [-0.2, -0.15) is 8.42 Å². The minimum Gasteiger partial charge on any atom is -0.455 e. The summed E-state index contributed by atoms with van der Waals surface area (Å²) in [6.45, 7) is 2.99. The van der Waals surface area contributed by atoms with Crippen molar-refractivity contribution in [3.63, 3.8) is 0 Å². The van der Waals surface area contributed by atoms with Crippen molar-refractivity contribution in [2.75, 3.05) is 18.4 Å². The van der Waals surface area contributed by atoms with Gasteiger partial charge in [-0.3, -0.25) is 9.78 Å². The van der Waals surface area contributed by atoms with E-state index in [9.17, 15) is 13.2 Å². The van der Waals surface area contributed by atoms with Crippen molar-refractivity contribution in [2.45, 2.75) is 24.7 Å². The normalized spacial score (nSPS) is 18.7. The molecular weight excluding hydrogens is 452 g/mol. The second-order valence-electron chi connectivity index (χ2n) is 8.43. The van der Waals surface area contributed by atoms with Gasteiger partial charge in [-0.05, 0) is 67.8 Å². The zero-order valence-corrected chi connectivity index (χ0v) is 19.5. The van der Waals surface area contributed by atoms with Gasteiger partial charge in [0.05, 0.1) is 12.1 Å². The molecule has 0 spiro atoms. The number of sulfonamides is 1. The van der Waals surface area contributed by atoms with Gasteiger partial charge in [0.1, 0.15) is 16.4 Å². The Kier molecular flexibility index (Phi) is 5.79. The Morgan fingerprint density at radius 1 is 1.15 bits per heavy atom. The Bertz CT molecular complexity index is 1370. The molecule has 1 amide bonds. The number of aryl methyl sites for hydroxylation is 1. The van der Waals surface area contributed by atoms with Crippen molar-refractivity contribution in [1.29, 1.82) is 0 Å². The summed E-state index contributed by atoms with van der Waals surface area (Å²) in [7, 11) is -3.69. The fourth-order valence-electron chi connectivity index (χ4n) is 4.32. The number of nitrogens with one attached hydrogen (secondary N) is 1. The number of nitrogens with zero attached hydrogens (tertiary/aromatic N) is 3. The first kappa shape index (κ1) is 22.1. The van der Waals surface area contributed by atoms with Crippen LogP contribution in [0.5, 0.6) is 11.5 Å². The van der Waals surface area contributed by atoms with Gasteiger partial charge in [0, 0.05) is 30.5 Å². The third-order valence-electron chi connectivity index (χ3n) is 6.01. The van der Waals surface area contributed by atoms with E-state index in [0.29, 0.717) is 41.7 Å². The van der Waals surface area contributed by atoms with Crippen molar-refractivity contribution in [3.8, 4) is 11.5 Å². The van der Waals surface area contributed by atoms with Crippen LogP contribution < -0.4 is 10.1 Å². The summed E-state index contributed by atoms with van der Waals surface area (Å²) in [5.41, 5.74) is 2.17. The second-order valence-corrected chi connectivity index (χ2v) is 10.0. The van der Waals surface area contributed by atoms with E-state index in [-0.39, 0.29) is 16.7 Å². The fourth-order valence-corrected chi connectivity index (χ4v) is 5.55. The lowest BCUT2D eigenvalue weighted by Gasteiger charge is -2.33. The average molecular weight is 477 g/mol. The van der Waals surface area contributed by atoms with Crippen LogP contribution in [0, 0.1) is 12.8 Å². The number of piperidine rings is 1. The summed E-state index contributed by atoms with van der Waals surface area (Å²) in [5.74, 6) is 1.39. The first-order valence-corrected chi connectivity index (χ1v) is 12.5. The minimum atomic E-state index is -3.69. The molecule has 2 aliphatic rings. The lowest BCUT2D eigenvalue weighted by atomic mass is 9.96. The predicted molar refractivity (Wildman–Crippen MR) is 129 cm³/mol. The first-order chi connectivity index (χ1) is 16.4. The van der Waals surface area contributed by atoms with Crippen LogP contribution in [-0.2, 0) is 14.8 Å². The monoisotopic (exact) mass is 476 g/mol. The molecule has 1 N–H and O–H groups in total. The van der Waals surface area contributed by atoms with E-state index in [2.05, 4.69) is 14.7 Å². The van der Waals surface area contributed by atoms with E-state index >= 15 is 0 Å². The number of ether oxygens (including phenoxy) is 1. The number of amides is 1. The molecule has 9 heteroatoms. The van der Waals surface area contributed by atoms with Gasteiger partial charge in [-0.1, -0.05) is 12.1 Å². The topological polar surface area (TPSA) is 101 Å². The maximum atomic E-state index is 13.1. The second kappa shape index (κ2) is 8.90. The van der Waals surface area contributed by atoms with E-state index in [0.717, 1.165) is 18.4 Å². The summed E-state index contributed by atoms with van der Waals surface area (Å²) >= 11 is 0. The molecule has 3 aromatic rings. The van der Waals surface area contributed by atoms with Crippen molar-refractivity contribution in [1.82, 2.24) is 9.88 Å². The molecule has 0 radical (unpaired) electrons. The molecule has 0 aliphatic carbocycles. The molecule has 1 aromatic heterocycles. The number of rotatable bonds is 4. The zero-order chi connectivity index (χ0) is 23.7. The van der Waals surface area contributed by atoms with Crippen LogP contribution in [0.15, 0.2) is 76.3 Å². The number of hydrogen-bond donors (Lipinski definition) is 1. The van der Waals surface area contributed by atoms with Crippen LogP contribution >= 0.6 is 0 Å². The highest BCUT2D eigenvalue weighted by molar-refractivity contribution is 7.90. The molecule has 1 saturated heterocycles. The van der Waals surface area contributed by atoms with E-state index in [1.807, 2.05) is 30.0 Å². The van der Waals surface area contributed by atoms with Crippen LogP contribution in [0.3, 0.4) is 0 Å². The number of pyridine rings is 1. The van der Waals surface area contributed by atoms with Crippen molar-refractivity contribution in [3.05, 3.63) is 78.1 Å². The maximum absolute atomic E-state index is 13.1. The highest BCUT2D eigenvalue weighted by Crippen LogP contribution is 2.31. The number of anilines is 1. The molecule has 174 valence electrons. The number of carbonyl (C=O) groups excluding carboxylic acids is 1. The molecule has 8 nitrogen and oxygen atoms in total. The number of likely N-dealkylation sites (tertiary alicyclic amines) is 1. The maximum Gasteiger partial charge on any atom is 0.285 e. The highest BCUT2D eigenvalue weighted by Gasteiger charge is 2.35. The Morgan fingerprint density at radius 3 is 2.79 bits per heavy atom. The van der Waals surface area contributed by atoms with Gasteiger partial charge in [-0.15, -0.1) is 4.40 Å². The van der Waals surface area contributed by atoms with Crippen molar-refractivity contribution >= 4 is 27.5 Å². The minimum absolute atomic E-state index is 0.0974. The summed E-state index contributed by atoms with van der Waals surface area (Å²) in [6, 6.07) is 16.0. The van der Waals surface area contributed by atoms with Crippen LogP contribution in [0.2, 0.25) is 0 Å². The quantitative estimate of drug-likeness (QED) is 0.611. The van der Waals surface area contributed by atoms with Gasteiger partial charge in [-0.25, -0.2) is 0 Å². The van der Waals surface area contributed by atoms with Crippen LogP contribution in [0.1, 0.15) is 24.0 Å². The lowest BCUT2D eigenvalue weighted by molar-refractivity contribution is -0.121. The molecule has 0 bridgehead atoms. The first-order valence-electron chi connectivity index (χ1n) is 11.1. The number of aromatic nitrogens is 1. The third kappa shape index (κ3) is 4.38. The molecule has 2 aromatic carbocycles. The van der Waals surface area contributed by atoms with Gasteiger partial charge in [0.25, 0.3) is 10.0 Å². The molecule has 5 rings (SSSR count). The van der Waals surface area contributed by atoms with Crippen molar-refractivity contribution < 1.29 is 17.9 Å². The molecular formula is C25H24N4O4S. The summed E-state index contributed by atoms with van der Waals surface area (Å²) < 4.78 is 34.7. The molecule has 1 atom stereocenters. The molecule has 34 heavy (non-hydrogen) atoms. The van der Waals surface area contributed by atoms with Crippen LogP contribution in [-0.4, -0.2) is 43.1 Å². The lowest BCUT2D eigenvalue weighted by Crippen LogP contribution is -2.43. The number of amidine groups is 1. The summed E-state index contributed by atoms with van der Waals surface area (Å²) in [5, 5.41) is 3.00. The fraction of sp³-hybridized carbons (Fsp3) is 0.240. The van der Waals surface area contributed by atoms with E-state index in [1.54, 1.807) is 48.8 Å². The Balaban J connectivity index is 1.27. The Labute approximate surface area is 198 Å². The molecule has 1 fully saturated rings. The molecule has 3 heterocycles. The van der Waals surface area contributed by atoms with E-state index in [1.165, 1.54) is 0 Å². The number of hydrogen-bond acceptors (Lipinski definition) is 6. The summed E-state index contributed by atoms with van der Waals surface area (Å²) in [6.07, 6.45) is 4.82. The largest absolute Gasteiger partial charge is 0.455 e. The zero-order valence-electron chi connectivity index (χ0n) is 18.6. The molecule has 2 aliphatic heterocycles. The number of benzene rings is 2. The molecule has 0 saturated carbocycles. The van der Waals surface area contributed by atoms with Gasteiger partial charge < -0.3 is 15.0 Å². The Hall–Kier alpha value is -3.72. The standard InChI is InChI=1S/C25H24N4O4S/c1-17-14-19(10-11-22(17)33-20-7-4-12-26-15-20)27-25(30)18-6-5-13-29(16-18)24-21-8-2-3-9-23(21)34(31,32)28-24/h2-4,7-12,14-15,18H,5-6,13,16H2,1H3,(H,27,30). The number of carbonyl (C=O) groups is 1. The highest BCUT2D eigenvalue weighted by atomic mass is 32.2. The van der Waals surface area contributed by atoms with Crippen LogP contribution in [0.4, 0.5) is 5.69 Å². The number of fused-ring (bicyclic) bond motifs is 1. The smallest absolute Gasteiger partial charge is 0.285 e. The molecule has 1 unspecified atom stereocenters. The van der Waals surface area contributed by atoms with Gasteiger partial charge >= 0.3 is 0 Å². The van der Waals surface area contributed by atoms with Crippen molar-refractivity contribution in [2.24, 2.45) is 10.3 Å². The SMILES string of the molecule is Cc1cc(NC(=O)C2CCCN(C3=NS(=O)(=O)c4ccccc43)C2)ccc1Oc1cccnc1. The van der Waals surface area contributed by atoms with Crippen LogP contribution in [0.25, 0.3) is 0 Å². The Morgan fingerprint density at radius 2 is 2.00 bits per heavy atom. The summed E-state index contributed by atoms with van der Waals surface area (Å²) in [4.78, 5) is 19.2.